The van der Waals surface area contributed by atoms with E-state index in [1.165, 1.54) is 12.0 Å². The standard InChI is InChI=1S/C32H38ClFN4O/c1-22-19-26(33)11-12-27(22)38-28-13-17-37(36-15-5-4-6-16-36)31(39)29(28)23(2)30(38)25-9-7-24(8-10-25)20-35-18-14-32(3,34)21-35/h7-12,19H,4-6,13-18,20-21H2,1-3H3. The lowest BCUT2D eigenvalue weighted by Gasteiger charge is -2.39. The summed E-state index contributed by atoms with van der Waals surface area (Å²) in [4.78, 5) is 16.2. The minimum atomic E-state index is -1.10. The van der Waals surface area contributed by atoms with E-state index in [4.69, 9.17) is 11.6 Å². The van der Waals surface area contributed by atoms with Gasteiger partial charge in [0.1, 0.15) is 5.67 Å². The van der Waals surface area contributed by atoms with Crippen molar-refractivity contribution in [2.45, 2.75) is 65.1 Å². The van der Waals surface area contributed by atoms with Crippen LogP contribution in [0.15, 0.2) is 42.5 Å². The lowest BCUT2D eigenvalue weighted by atomic mass is 10.0. The van der Waals surface area contributed by atoms with Crippen LogP contribution in [-0.4, -0.2) is 63.8 Å². The number of hydrogen-bond acceptors (Lipinski definition) is 3. The Balaban J connectivity index is 1.40. The van der Waals surface area contributed by atoms with E-state index in [-0.39, 0.29) is 5.91 Å². The number of fused-ring (bicyclic) bond motifs is 1. The molecule has 0 radical (unpaired) electrons. The number of hydrogen-bond donors (Lipinski definition) is 0. The van der Waals surface area contributed by atoms with Crippen LogP contribution >= 0.6 is 11.6 Å². The molecule has 0 bridgehead atoms. The first kappa shape index (κ1) is 26.5. The molecule has 0 aliphatic carbocycles. The van der Waals surface area contributed by atoms with Gasteiger partial charge in [0.05, 0.1) is 11.3 Å². The smallest absolute Gasteiger partial charge is 0.270 e. The minimum absolute atomic E-state index is 0.113. The van der Waals surface area contributed by atoms with Crippen molar-refractivity contribution in [3.05, 3.63) is 75.4 Å². The fourth-order valence-corrected chi connectivity index (χ4v) is 6.99. The number of piperidine rings is 1. The maximum absolute atomic E-state index is 14.4. The van der Waals surface area contributed by atoms with Crippen molar-refractivity contribution >= 4 is 17.5 Å². The fraction of sp³-hybridized carbons (Fsp3) is 0.469. The summed E-state index contributed by atoms with van der Waals surface area (Å²) < 4.78 is 16.7. The summed E-state index contributed by atoms with van der Waals surface area (Å²) in [7, 11) is 0. The van der Waals surface area contributed by atoms with Gasteiger partial charge in [0, 0.05) is 62.1 Å². The van der Waals surface area contributed by atoms with E-state index in [2.05, 4.69) is 58.7 Å². The molecule has 206 valence electrons. The van der Waals surface area contributed by atoms with Crippen molar-refractivity contribution in [1.29, 1.82) is 0 Å². The van der Waals surface area contributed by atoms with Gasteiger partial charge in [-0.25, -0.2) is 9.40 Å². The highest BCUT2D eigenvalue weighted by Crippen LogP contribution is 2.39. The first-order valence-electron chi connectivity index (χ1n) is 14.3. The molecule has 1 aromatic heterocycles. The summed E-state index contributed by atoms with van der Waals surface area (Å²) in [6.07, 6.45) is 4.90. The van der Waals surface area contributed by atoms with Gasteiger partial charge < -0.3 is 4.57 Å². The molecule has 0 spiro atoms. The Labute approximate surface area is 236 Å². The first-order valence-corrected chi connectivity index (χ1v) is 14.7. The Bertz CT molecular complexity index is 1390. The summed E-state index contributed by atoms with van der Waals surface area (Å²) in [6, 6.07) is 14.6. The van der Waals surface area contributed by atoms with E-state index in [1.807, 2.05) is 17.1 Å². The van der Waals surface area contributed by atoms with Crippen LogP contribution in [0.4, 0.5) is 4.39 Å². The van der Waals surface area contributed by atoms with E-state index < -0.39 is 5.67 Å². The van der Waals surface area contributed by atoms with Gasteiger partial charge in [0.25, 0.3) is 5.91 Å². The van der Waals surface area contributed by atoms with Crippen LogP contribution in [0, 0.1) is 13.8 Å². The van der Waals surface area contributed by atoms with Gasteiger partial charge in [0.2, 0.25) is 0 Å². The molecule has 7 heteroatoms. The second kappa shape index (κ2) is 10.4. The van der Waals surface area contributed by atoms with Crippen molar-refractivity contribution in [2.75, 3.05) is 32.7 Å². The Hall–Kier alpha value is -2.67. The zero-order valence-corrected chi connectivity index (χ0v) is 24.0. The molecule has 3 aromatic rings. The van der Waals surface area contributed by atoms with Gasteiger partial charge in [0.15, 0.2) is 0 Å². The number of halogens is 2. The minimum Gasteiger partial charge on any atom is -0.312 e. The number of rotatable bonds is 5. The van der Waals surface area contributed by atoms with Crippen molar-refractivity contribution in [2.24, 2.45) is 0 Å². The second-order valence-electron chi connectivity index (χ2n) is 11.8. The number of nitrogens with zero attached hydrogens (tertiary/aromatic N) is 4. The number of amides is 1. The number of carbonyl (C=O) groups is 1. The third-order valence-electron chi connectivity index (χ3n) is 8.73. The van der Waals surface area contributed by atoms with Crippen molar-refractivity contribution < 1.29 is 9.18 Å². The predicted octanol–water partition coefficient (Wildman–Crippen LogP) is 6.75. The van der Waals surface area contributed by atoms with Crippen LogP contribution in [0.1, 0.15) is 65.3 Å². The van der Waals surface area contributed by atoms with Crippen LogP contribution in [0.5, 0.6) is 0 Å². The average molecular weight is 549 g/mol. The van der Waals surface area contributed by atoms with Crippen LogP contribution in [0.2, 0.25) is 5.02 Å². The lowest BCUT2D eigenvalue weighted by Crippen LogP contribution is -2.51. The highest BCUT2D eigenvalue weighted by Gasteiger charge is 2.36. The SMILES string of the molecule is Cc1cc(Cl)ccc1-n1c2c(c(C)c1-c1ccc(CN3CCC(C)(F)C3)cc1)C(=O)N(N1CCCCC1)CC2. The van der Waals surface area contributed by atoms with Crippen LogP contribution in [0.3, 0.4) is 0 Å². The number of aromatic nitrogens is 1. The molecule has 0 N–H and O–H groups in total. The molecule has 2 aromatic carbocycles. The Kier molecular flexibility index (Phi) is 7.07. The Morgan fingerprint density at radius 1 is 0.974 bits per heavy atom. The zero-order chi connectivity index (χ0) is 27.3. The van der Waals surface area contributed by atoms with Crippen molar-refractivity contribution in [3.8, 4) is 16.9 Å². The molecule has 1 unspecified atom stereocenters. The molecule has 3 aliphatic rings. The summed E-state index contributed by atoms with van der Waals surface area (Å²) in [5.41, 5.74) is 7.28. The second-order valence-corrected chi connectivity index (χ2v) is 12.3. The number of alkyl halides is 1. The highest BCUT2D eigenvalue weighted by molar-refractivity contribution is 6.30. The maximum atomic E-state index is 14.4. The predicted molar refractivity (Wildman–Crippen MR) is 155 cm³/mol. The number of benzene rings is 2. The topological polar surface area (TPSA) is 31.7 Å². The van der Waals surface area contributed by atoms with E-state index >= 15 is 0 Å². The van der Waals surface area contributed by atoms with Gasteiger partial charge in [-0.15, -0.1) is 0 Å². The van der Waals surface area contributed by atoms with E-state index in [0.29, 0.717) is 24.5 Å². The Morgan fingerprint density at radius 3 is 2.38 bits per heavy atom. The van der Waals surface area contributed by atoms with Crippen molar-refractivity contribution in [1.82, 2.24) is 19.5 Å². The maximum Gasteiger partial charge on any atom is 0.270 e. The van der Waals surface area contributed by atoms with Crippen LogP contribution in [0.25, 0.3) is 16.9 Å². The fourth-order valence-electron chi connectivity index (χ4n) is 6.76. The van der Waals surface area contributed by atoms with Gasteiger partial charge in [-0.1, -0.05) is 42.3 Å². The molecular weight excluding hydrogens is 511 g/mol. The van der Waals surface area contributed by atoms with E-state index in [0.717, 1.165) is 84.8 Å². The van der Waals surface area contributed by atoms with E-state index in [9.17, 15) is 9.18 Å². The van der Waals surface area contributed by atoms with Gasteiger partial charge in [-0.2, -0.15) is 0 Å². The highest BCUT2D eigenvalue weighted by atomic mass is 35.5. The molecule has 0 saturated carbocycles. The third-order valence-corrected chi connectivity index (χ3v) is 8.97. The number of hydrazine groups is 1. The Morgan fingerprint density at radius 2 is 1.72 bits per heavy atom. The lowest BCUT2D eigenvalue weighted by molar-refractivity contribution is -0.0237. The average Bonchev–Trinajstić information content (AvgIpc) is 3.41. The quantitative estimate of drug-likeness (QED) is 0.353. The number of likely N-dealkylation sites (tertiary alicyclic amines) is 1. The molecule has 2 saturated heterocycles. The molecule has 4 heterocycles. The molecule has 5 nitrogen and oxygen atoms in total. The van der Waals surface area contributed by atoms with Gasteiger partial charge in [-0.05, 0) is 80.5 Å². The summed E-state index contributed by atoms with van der Waals surface area (Å²) >= 11 is 6.34. The molecule has 1 atom stereocenters. The molecule has 6 rings (SSSR count). The summed E-state index contributed by atoms with van der Waals surface area (Å²) in [5, 5.41) is 4.96. The summed E-state index contributed by atoms with van der Waals surface area (Å²) in [5.74, 6) is 0.113. The molecule has 39 heavy (non-hydrogen) atoms. The molecule has 1 amide bonds. The molecule has 2 fully saturated rings. The molecule has 3 aliphatic heterocycles. The number of carbonyl (C=O) groups excluding carboxylic acids is 1. The first-order chi connectivity index (χ1) is 18.7. The van der Waals surface area contributed by atoms with E-state index in [1.54, 1.807) is 6.92 Å². The molecular formula is C32H38ClFN4O. The van der Waals surface area contributed by atoms with Crippen LogP contribution < -0.4 is 0 Å². The van der Waals surface area contributed by atoms with Crippen LogP contribution in [-0.2, 0) is 13.0 Å². The normalized spacial score (nSPS) is 22.5. The third kappa shape index (κ3) is 5.03. The van der Waals surface area contributed by atoms with Gasteiger partial charge in [-0.3, -0.25) is 14.7 Å². The zero-order valence-electron chi connectivity index (χ0n) is 23.3. The summed E-state index contributed by atoms with van der Waals surface area (Å²) in [6.45, 7) is 10.5. The number of aryl methyl sites for hydroxylation is 1. The van der Waals surface area contributed by atoms with Gasteiger partial charge >= 0.3 is 0 Å². The largest absolute Gasteiger partial charge is 0.312 e. The van der Waals surface area contributed by atoms with Crippen molar-refractivity contribution in [3.63, 3.8) is 0 Å². The monoisotopic (exact) mass is 548 g/mol.